The zero-order valence-corrected chi connectivity index (χ0v) is 27.6. The van der Waals surface area contributed by atoms with Crippen molar-refractivity contribution in [3.8, 4) is 5.75 Å². The van der Waals surface area contributed by atoms with E-state index in [1.807, 2.05) is 13.8 Å². The summed E-state index contributed by atoms with van der Waals surface area (Å²) in [6, 6.07) is 17.3. The molecule has 1 aliphatic rings. The molecule has 0 spiro atoms. The third kappa shape index (κ3) is 8.06. The number of nitrogens with zero attached hydrogens (tertiary/aromatic N) is 2. The Hall–Kier alpha value is -3.27. The lowest BCUT2D eigenvalue weighted by molar-refractivity contribution is -0.140. The van der Waals surface area contributed by atoms with Crippen LogP contribution in [0.3, 0.4) is 0 Å². The number of ether oxygens (including phenoxy) is 1. The van der Waals surface area contributed by atoms with Gasteiger partial charge < -0.3 is 15.0 Å². The topological polar surface area (TPSA) is 96.0 Å². The highest BCUT2D eigenvalue weighted by atomic mass is 35.5. The quantitative estimate of drug-likeness (QED) is 0.232. The summed E-state index contributed by atoms with van der Waals surface area (Å²) in [4.78, 5) is 29.6. The SMILES string of the molecule is CCC(C(=O)NC1CCCCC1)N(Cc1ccc(Cl)c(Cl)c1)C(=O)CN(c1cc(C)ccc1OC)S(=O)(=O)c1ccccc1. The van der Waals surface area contributed by atoms with Crippen molar-refractivity contribution >= 4 is 50.7 Å². The minimum Gasteiger partial charge on any atom is -0.495 e. The Balaban J connectivity index is 1.76. The molecular formula is C33H39Cl2N3O5S. The van der Waals surface area contributed by atoms with Crippen LogP contribution in [-0.4, -0.2) is 50.9 Å². The third-order valence-electron chi connectivity index (χ3n) is 7.89. The molecule has 0 aromatic heterocycles. The van der Waals surface area contributed by atoms with Crippen LogP contribution in [0.15, 0.2) is 71.6 Å². The van der Waals surface area contributed by atoms with E-state index in [0.717, 1.165) is 42.0 Å². The lowest BCUT2D eigenvalue weighted by atomic mass is 9.95. The summed E-state index contributed by atoms with van der Waals surface area (Å²) in [5.74, 6) is -0.524. The number of aryl methyl sites for hydroxylation is 1. The second-order valence-corrected chi connectivity index (χ2v) is 13.7. The van der Waals surface area contributed by atoms with Crippen LogP contribution in [-0.2, 0) is 26.2 Å². The van der Waals surface area contributed by atoms with Crippen LogP contribution in [0.4, 0.5) is 5.69 Å². The van der Waals surface area contributed by atoms with Crippen molar-refractivity contribution in [3.63, 3.8) is 0 Å². The zero-order valence-electron chi connectivity index (χ0n) is 25.3. The van der Waals surface area contributed by atoms with E-state index in [9.17, 15) is 18.0 Å². The lowest BCUT2D eigenvalue weighted by Crippen LogP contribution is -2.54. The molecule has 1 N–H and O–H groups in total. The number of carbonyl (C=O) groups is 2. The van der Waals surface area contributed by atoms with E-state index in [2.05, 4.69) is 5.32 Å². The number of nitrogens with one attached hydrogen (secondary N) is 1. The highest BCUT2D eigenvalue weighted by Crippen LogP contribution is 2.34. The van der Waals surface area contributed by atoms with Gasteiger partial charge in [-0.2, -0.15) is 0 Å². The molecule has 3 aromatic rings. The molecule has 44 heavy (non-hydrogen) atoms. The van der Waals surface area contributed by atoms with Crippen molar-refractivity contribution < 1.29 is 22.7 Å². The predicted molar refractivity (Wildman–Crippen MR) is 175 cm³/mol. The van der Waals surface area contributed by atoms with Crippen LogP contribution < -0.4 is 14.4 Å². The number of sulfonamides is 1. The van der Waals surface area contributed by atoms with Crippen molar-refractivity contribution in [2.45, 2.75) is 75.9 Å². The fourth-order valence-corrected chi connectivity index (χ4v) is 7.28. The van der Waals surface area contributed by atoms with E-state index in [1.165, 1.54) is 24.1 Å². The Morgan fingerprint density at radius 1 is 0.977 bits per heavy atom. The maximum absolute atomic E-state index is 14.4. The number of methoxy groups -OCH3 is 1. The molecule has 1 aliphatic carbocycles. The maximum atomic E-state index is 14.4. The number of amides is 2. The van der Waals surface area contributed by atoms with Crippen LogP contribution in [0.25, 0.3) is 0 Å². The molecule has 1 fully saturated rings. The first-order valence-electron chi connectivity index (χ1n) is 14.8. The van der Waals surface area contributed by atoms with Gasteiger partial charge in [-0.15, -0.1) is 0 Å². The Kier molecular flexibility index (Phi) is 11.6. The van der Waals surface area contributed by atoms with Gasteiger partial charge in [0.2, 0.25) is 11.8 Å². The predicted octanol–water partition coefficient (Wildman–Crippen LogP) is 6.76. The molecule has 0 radical (unpaired) electrons. The van der Waals surface area contributed by atoms with Gasteiger partial charge in [-0.05, 0) is 73.7 Å². The van der Waals surface area contributed by atoms with Crippen molar-refractivity contribution in [3.05, 3.63) is 87.9 Å². The number of carbonyl (C=O) groups excluding carboxylic acids is 2. The molecular weight excluding hydrogens is 621 g/mol. The standard InChI is InChI=1S/C33H39Cl2N3O5S/c1-4-29(33(40)36-25-11-7-5-8-12-25)37(21-24-16-17-27(34)28(35)20-24)32(39)22-38(30-19-23(2)15-18-31(30)43-3)44(41,42)26-13-9-6-10-14-26/h6,9-10,13-20,25,29H,4-5,7-8,11-12,21-22H2,1-3H3,(H,36,40). The van der Waals surface area contributed by atoms with E-state index < -0.39 is 28.5 Å². The summed E-state index contributed by atoms with van der Waals surface area (Å²) in [5, 5.41) is 3.82. The minimum absolute atomic E-state index is 0.0227. The Morgan fingerprint density at radius 3 is 2.32 bits per heavy atom. The first kappa shape index (κ1) is 33.6. The van der Waals surface area contributed by atoms with Crippen molar-refractivity contribution in [1.82, 2.24) is 10.2 Å². The van der Waals surface area contributed by atoms with Gasteiger partial charge in [0.05, 0.1) is 27.7 Å². The number of anilines is 1. The fourth-order valence-electron chi connectivity index (χ4n) is 5.53. The van der Waals surface area contributed by atoms with E-state index in [4.69, 9.17) is 27.9 Å². The third-order valence-corrected chi connectivity index (χ3v) is 10.4. The first-order chi connectivity index (χ1) is 21.0. The fraction of sp³-hybridized carbons (Fsp3) is 0.394. The molecule has 1 saturated carbocycles. The van der Waals surface area contributed by atoms with E-state index in [0.29, 0.717) is 27.8 Å². The van der Waals surface area contributed by atoms with Crippen LogP contribution in [0.5, 0.6) is 5.75 Å². The highest BCUT2D eigenvalue weighted by molar-refractivity contribution is 7.92. The van der Waals surface area contributed by atoms with Crippen LogP contribution in [0.2, 0.25) is 10.0 Å². The normalized spacial score (nSPS) is 14.5. The van der Waals surface area contributed by atoms with Gasteiger partial charge in [0.25, 0.3) is 10.0 Å². The summed E-state index contributed by atoms with van der Waals surface area (Å²) in [7, 11) is -2.78. The van der Waals surface area contributed by atoms with E-state index in [1.54, 1.807) is 54.6 Å². The van der Waals surface area contributed by atoms with Gasteiger partial charge in [0, 0.05) is 12.6 Å². The van der Waals surface area contributed by atoms with Crippen LogP contribution in [0.1, 0.15) is 56.6 Å². The molecule has 236 valence electrons. The Bertz CT molecular complexity index is 1560. The highest BCUT2D eigenvalue weighted by Gasteiger charge is 2.35. The zero-order chi connectivity index (χ0) is 31.9. The molecule has 11 heteroatoms. The summed E-state index contributed by atoms with van der Waals surface area (Å²) in [5.41, 5.74) is 1.66. The maximum Gasteiger partial charge on any atom is 0.264 e. The number of rotatable bonds is 12. The molecule has 0 bridgehead atoms. The van der Waals surface area contributed by atoms with Gasteiger partial charge in [0.1, 0.15) is 18.3 Å². The smallest absolute Gasteiger partial charge is 0.264 e. The molecule has 0 heterocycles. The summed E-state index contributed by atoms with van der Waals surface area (Å²) in [6.07, 6.45) is 5.32. The van der Waals surface area contributed by atoms with E-state index >= 15 is 0 Å². The molecule has 2 amide bonds. The number of hydrogen-bond donors (Lipinski definition) is 1. The number of hydrogen-bond acceptors (Lipinski definition) is 5. The summed E-state index contributed by atoms with van der Waals surface area (Å²) >= 11 is 12.5. The monoisotopic (exact) mass is 659 g/mol. The summed E-state index contributed by atoms with van der Waals surface area (Å²) < 4.78 is 34.9. The largest absolute Gasteiger partial charge is 0.495 e. The molecule has 0 aliphatic heterocycles. The van der Waals surface area contributed by atoms with Crippen molar-refractivity contribution in [2.75, 3.05) is 18.0 Å². The number of benzene rings is 3. The Morgan fingerprint density at radius 2 is 1.68 bits per heavy atom. The summed E-state index contributed by atoms with van der Waals surface area (Å²) in [6.45, 7) is 3.13. The van der Waals surface area contributed by atoms with Crippen molar-refractivity contribution in [1.29, 1.82) is 0 Å². The van der Waals surface area contributed by atoms with Gasteiger partial charge >= 0.3 is 0 Å². The molecule has 0 saturated heterocycles. The average molecular weight is 661 g/mol. The van der Waals surface area contributed by atoms with Gasteiger partial charge in [0.15, 0.2) is 0 Å². The molecule has 1 unspecified atom stereocenters. The molecule has 4 rings (SSSR count). The second kappa shape index (κ2) is 15.1. The average Bonchev–Trinajstić information content (AvgIpc) is 3.02. The van der Waals surface area contributed by atoms with Gasteiger partial charge in [-0.1, -0.05) is 79.7 Å². The van der Waals surface area contributed by atoms with Crippen molar-refractivity contribution in [2.24, 2.45) is 0 Å². The van der Waals surface area contributed by atoms with Gasteiger partial charge in [-0.25, -0.2) is 8.42 Å². The van der Waals surface area contributed by atoms with Crippen LogP contribution in [0, 0.1) is 6.92 Å². The molecule has 3 aromatic carbocycles. The van der Waals surface area contributed by atoms with E-state index in [-0.39, 0.29) is 29.1 Å². The van der Waals surface area contributed by atoms with Gasteiger partial charge in [-0.3, -0.25) is 13.9 Å². The minimum atomic E-state index is -4.23. The molecule has 8 nitrogen and oxygen atoms in total. The first-order valence-corrected chi connectivity index (χ1v) is 17.0. The number of halogens is 2. The lowest BCUT2D eigenvalue weighted by Gasteiger charge is -2.34. The Labute approximate surface area is 270 Å². The molecule has 1 atom stereocenters. The second-order valence-electron chi connectivity index (χ2n) is 11.0. The van der Waals surface area contributed by atoms with Crippen LogP contribution >= 0.6 is 23.2 Å².